The lowest BCUT2D eigenvalue weighted by molar-refractivity contribution is 0.179. The summed E-state index contributed by atoms with van der Waals surface area (Å²) in [4.78, 5) is 4.31. The first kappa shape index (κ1) is 18.0. The van der Waals surface area contributed by atoms with Gasteiger partial charge in [-0.1, -0.05) is 12.1 Å². The molecule has 0 aromatic heterocycles. The quantitative estimate of drug-likeness (QED) is 0.657. The lowest BCUT2D eigenvalue weighted by Crippen LogP contribution is -2.42. The molecular weight excluding hydrogens is 381 g/mol. The molecule has 6 heteroatoms. The molecule has 0 fully saturated rings. The molecule has 0 radical (unpaired) electrons. The molecule has 2 rings (SSSR count). The number of nitrogens with one attached hydrogen (secondary N) is 2. The number of aliphatic hydroxyl groups is 1. The lowest BCUT2D eigenvalue weighted by Gasteiger charge is -2.19. The van der Waals surface area contributed by atoms with Gasteiger partial charge in [-0.05, 0) is 38.0 Å². The van der Waals surface area contributed by atoms with Crippen LogP contribution >= 0.6 is 24.0 Å². The van der Waals surface area contributed by atoms with E-state index in [0.29, 0.717) is 6.54 Å². The largest absolute Gasteiger partial charge is 0.491 e. The first-order valence-electron chi connectivity index (χ1n) is 7.12. The monoisotopic (exact) mass is 405 g/mol. The van der Waals surface area contributed by atoms with Crippen LogP contribution in [-0.4, -0.2) is 36.8 Å². The highest BCUT2D eigenvalue weighted by Gasteiger charge is 2.11. The van der Waals surface area contributed by atoms with Crippen LogP contribution in [-0.2, 0) is 0 Å². The number of aliphatic imine (C=N–C) groups is 1. The van der Waals surface area contributed by atoms with Crippen LogP contribution in [0.3, 0.4) is 0 Å². The minimum Gasteiger partial charge on any atom is -0.491 e. The lowest BCUT2D eigenvalue weighted by atomic mass is 10.1. The van der Waals surface area contributed by atoms with Gasteiger partial charge in [0.15, 0.2) is 5.96 Å². The van der Waals surface area contributed by atoms with Crippen molar-refractivity contribution in [2.45, 2.75) is 32.5 Å². The number of rotatable bonds is 5. The third kappa shape index (κ3) is 6.09. The first-order valence-corrected chi connectivity index (χ1v) is 7.12. The average Bonchev–Trinajstić information content (AvgIpc) is 2.45. The summed E-state index contributed by atoms with van der Waals surface area (Å²) in [5, 5.41) is 16.5. The van der Waals surface area contributed by atoms with Crippen LogP contribution in [0.5, 0.6) is 5.75 Å². The van der Waals surface area contributed by atoms with Crippen LogP contribution < -0.4 is 15.4 Å². The molecule has 3 N–H and O–H groups in total. The van der Waals surface area contributed by atoms with Crippen LogP contribution in [0.4, 0.5) is 0 Å². The summed E-state index contributed by atoms with van der Waals surface area (Å²) in [5.41, 5.74) is 0.840. The zero-order valence-corrected chi connectivity index (χ0v) is 14.8. The van der Waals surface area contributed by atoms with Crippen molar-refractivity contribution in [3.8, 4) is 5.75 Å². The van der Waals surface area contributed by atoms with Gasteiger partial charge in [0.25, 0.3) is 0 Å². The van der Waals surface area contributed by atoms with Crippen LogP contribution in [0, 0.1) is 0 Å². The van der Waals surface area contributed by atoms with E-state index in [9.17, 15) is 5.11 Å². The minimum atomic E-state index is -0.586. The summed E-state index contributed by atoms with van der Waals surface area (Å²) >= 11 is 0. The Hall–Kier alpha value is -1.02. The number of halogens is 1. The number of aliphatic hydroxyl groups excluding tert-OH is 1. The fourth-order valence-electron chi connectivity index (χ4n) is 2.03. The van der Waals surface area contributed by atoms with Crippen molar-refractivity contribution in [2.24, 2.45) is 4.99 Å². The van der Waals surface area contributed by atoms with Gasteiger partial charge >= 0.3 is 0 Å². The number of guanidine groups is 1. The number of hydrogen-bond donors (Lipinski definition) is 3. The molecule has 1 aliphatic rings. The molecule has 1 aromatic carbocycles. The summed E-state index contributed by atoms with van der Waals surface area (Å²) in [6.45, 7) is 6.16. The molecule has 1 unspecified atom stereocenters. The molecular formula is C15H24IN3O2. The molecule has 1 aromatic rings. The fraction of sp³-hybridized carbons (Fsp3) is 0.533. The van der Waals surface area contributed by atoms with E-state index >= 15 is 0 Å². The Bertz CT molecular complexity index is 466. The standard InChI is InChI=1S/C15H23N3O2.HI/c1-11(2)20-13-6-3-5-12(9-13)14(19)10-18-15-16-7-4-8-17-15;/h3,5-6,9,11,14,19H,4,7-8,10H2,1-2H3,(H2,16,17,18);1H. The van der Waals surface area contributed by atoms with E-state index in [0.717, 1.165) is 36.8 Å². The summed E-state index contributed by atoms with van der Waals surface area (Å²) in [5.74, 6) is 1.55. The smallest absolute Gasteiger partial charge is 0.191 e. The van der Waals surface area contributed by atoms with E-state index in [4.69, 9.17) is 4.74 Å². The molecule has 0 spiro atoms. The Kier molecular flexibility index (Phi) is 7.81. The van der Waals surface area contributed by atoms with Crippen LogP contribution in [0.2, 0.25) is 0 Å². The van der Waals surface area contributed by atoms with Crippen molar-refractivity contribution in [1.29, 1.82) is 0 Å². The Morgan fingerprint density at radius 3 is 2.90 bits per heavy atom. The maximum Gasteiger partial charge on any atom is 0.191 e. The summed E-state index contributed by atoms with van der Waals surface area (Å²) in [7, 11) is 0. The molecule has 1 heterocycles. The number of nitrogens with zero attached hydrogens (tertiary/aromatic N) is 1. The highest BCUT2D eigenvalue weighted by atomic mass is 127. The van der Waals surface area contributed by atoms with Crippen LogP contribution in [0.25, 0.3) is 0 Å². The molecule has 0 aliphatic carbocycles. The van der Waals surface area contributed by atoms with Gasteiger partial charge in [0.05, 0.1) is 12.2 Å². The number of benzene rings is 1. The second-order valence-corrected chi connectivity index (χ2v) is 5.15. The molecule has 0 bridgehead atoms. The van der Waals surface area contributed by atoms with Crippen molar-refractivity contribution in [3.63, 3.8) is 0 Å². The van der Waals surface area contributed by atoms with Gasteiger partial charge in [-0.2, -0.15) is 0 Å². The summed E-state index contributed by atoms with van der Waals surface area (Å²) in [6.07, 6.45) is 0.598. The van der Waals surface area contributed by atoms with Gasteiger partial charge in [0, 0.05) is 19.6 Å². The van der Waals surface area contributed by atoms with Gasteiger partial charge in [-0.3, -0.25) is 4.99 Å². The minimum absolute atomic E-state index is 0. The molecule has 0 saturated carbocycles. The molecule has 118 valence electrons. The van der Waals surface area contributed by atoms with Gasteiger partial charge in [0.2, 0.25) is 0 Å². The van der Waals surface area contributed by atoms with Crippen molar-refractivity contribution >= 4 is 29.9 Å². The highest BCUT2D eigenvalue weighted by Crippen LogP contribution is 2.19. The maximum atomic E-state index is 10.2. The topological polar surface area (TPSA) is 65.9 Å². The van der Waals surface area contributed by atoms with E-state index in [1.165, 1.54) is 0 Å². The average molecular weight is 405 g/mol. The Morgan fingerprint density at radius 2 is 2.24 bits per heavy atom. The normalized spacial score (nSPS) is 15.5. The SMILES string of the molecule is CC(C)Oc1cccc(C(O)CNC2=NCCCN2)c1.I. The van der Waals surface area contributed by atoms with Gasteiger partial charge < -0.3 is 20.5 Å². The van der Waals surface area contributed by atoms with Crippen molar-refractivity contribution in [3.05, 3.63) is 29.8 Å². The van der Waals surface area contributed by atoms with Crippen molar-refractivity contribution in [2.75, 3.05) is 19.6 Å². The van der Waals surface area contributed by atoms with Gasteiger partial charge in [-0.15, -0.1) is 24.0 Å². The van der Waals surface area contributed by atoms with Crippen molar-refractivity contribution < 1.29 is 9.84 Å². The predicted molar refractivity (Wildman–Crippen MR) is 95.5 cm³/mol. The maximum absolute atomic E-state index is 10.2. The molecule has 0 amide bonds. The van der Waals surface area contributed by atoms with Gasteiger partial charge in [-0.25, -0.2) is 0 Å². The molecule has 0 saturated heterocycles. The second-order valence-electron chi connectivity index (χ2n) is 5.15. The fourth-order valence-corrected chi connectivity index (χ4v) is 2.03. The summed E-state index contributed by atoms with van der Waals surface area (Å²) < 4.78 is 5.63. The Balaban J connectivity index is 0.00000220. The third-order valence-electron chi connectivity index (χ3n) is 2.97. The van der Waals surface area contributed by atoms with E-state index in [1.807, 2.05) is 38.1 Å². The third-order valence-corrected chi connectivity index (χ3v) is 2.97. The van der Waals surface area contributed by atoms with Gasteiger partial charge in [0.1, 0.15) is 5.75 Å². The molecule has 1 aliphatic heterocycles. The van der Waals surface area contributed by atoms with Crippen molar-refractivity contribution in [1.82, 2.24) is 10.6 Å². The molecule has 21 heavy (non-hydrogen) atoms. The Labute approximate surface area is 143 Å². The van der Waals surface area contributed by atoms with Crippen LogP contribution in [0.15, 0.2) is 29.3 Å². The Morgan fingerprint density at radius 1 is 1.43 bits per heavy atom. The molecule has 1 atom stereocenters. The zero-order chi connectivity index (χ0) is 14.4. The highest BCUT2D eigenvalue weighted by molar-refractivity contribution is 14.0. The zero-order valence-electron chi connectivity index (χ0n) is 12.5. The molecule has 5 nitrogen and oxygen atoms in total. The second kappa shape index (κ2) is 9.09. The van der Waals surface area contributed by atoms with E-state index in [2.05, 4.69) is 15.6 Å². The number of hydrogen-bond acceptors (Lipinski definition) is 5. The predicted octanol–water partition coefficient (Wildman–Crippen LogP) is 2.06. The van der Waals surface area contributed by atoms with E-state index in [-0.39, 0.29) is 30.1 Å². The number of ether oxygens (including phenoxy) is 1. The van der Waals surface area contributed by atoms with E-state index in [1.54, 1.807) is 0 Å². The summed E-state index contributed by atoms with van der Waals surface area (Å²) in [6, 6.07) is 7.57. The van der Waals surface area contributed by atoms with E-state index < -0.39 is 6.10 Å². The van der Waals surface area contributed by atoms with Crippen LogP contribution in [0.1, 0.15) is 31.9 Å². The first-order chi connectivity index (χ1) is 9.65.